The molecule has 1 heterocycles. The second-order valence-electron chi connectivity index (χ2n) is 7.31. The first kappa shape index (κ1) is 24.6. The minimum absolute atomic E-state index is 0. The van der Waals surface area contributed by atoms with Gasteiger partial charge in [-0.1, -0.05) is 6.07 Å². The molecule has 2 fully saturated rings. The van der Waals surface area contributed by atoms with Crippen LogP contribution in [0.1, 0.15) is 26.2 Å². The highest BCUT2D eigenvalue weighted by atomic mass is 35.5. The summed E-state index contributed by atoms with van der Waals surface area (Å²) in [5.41, 5.74) is 6.37. The zero-order chi connectivity index (χ0) is 18.7. The van der Waals surface area contributed by atoms with Crippen molar-refractivity contribution in [2.24, 2.45) is 11.7 Å². The molecule has 0 bridgehead atoms. The van der Waals surface area contributed by atoms with Gasteiger partial charge < -0.3 is 16.0 Å². The number of rotatable bonds is 4. The van der Waals surface area contributed by atoms with Crippen LogP contribution in [0.3, 0.4) is 0 Å². The molecule has 0 aromatic heterocycles. The molecule has 9 heteroatoms. The number of piperazine rings is 1. The van der Waals surface area contributed by atoms with Crippen molar-refractivity contribution in [2.45, 2.75) is 38.3 Å². The van der Waals surface area contributed by atoms with Crippen LogP contribution in [0.25, 0.3) is 0 Å². The van der Waals surface area contributed by atoms with Gasteiger partial charge in [0.25, 0.3) is 0 Å². The van der Waals surface area contributed by atoms with Gasteiger partial charge in [0, 0.05) is 43.8 Å². The molecule has 2 amide bonds. The van der Waals surface area contributed by atoms with Crippen LogP contribution in [0.15, 0.2) is 24.3 Å². The molecule has 1 aromatic carbocycles. The quantitative estimate of drug-likeness (QED) is 0.761. The monoisotopic (exact) mass is 434 g/mol. The highest BCUT2D eigenvalue weighted by Crippen LogP contribution is 2.26. The Bertz CT molecular complexity index is 671. The van der Waals surface area contributed by atoms with Gasteiger partial charge in [0.05, 0.1) is 6.04 Å². The molecule has 1 saturated heterocycles. The molecular weight excluding hydrogens is 406 g/mol. The van der Waals surface area contributed by atoms with Gasteiger partial charge in [0.1, 0.15) is 5.82 Å². The number of carbonyl (C=O) groups is 2. The molecular formula is C19H29Cl2FN4O2. The van der Waals surface area contributed by atoms with Crippen LogP contribution >= 0.6 is 24.8 Å². The predicted molar refractivity (Wildman–Crippen MR) is 112 cm³/mol. The lowest BCUT2D eigenvalue weighted by Gasteiger charge is -2.38. The summed E-state index contributed by atoms with van der Waals surface area (Å²) in [5, 5.41) is 2.75. The Labute approximate surface area is 177 Å². The smallest absolute Gasteiger partial charge is 0.241 e. The van der Waals surface area contributed by atoms with E-state index in [1.807, 2.05) is 11.8 Å². The average molecular weight is 435 g/mol. The highest BCUT2D eigenvalue weighted by Gasteiger charge is 2.33. The van der Waals surface area contributed by atoms with Gasteiger partial charge in [-0.3, -0.25) is 14.5 Å². The van der Waals surface area contributed by atoms with Crippen molar-refractivity contribution in [3.63, 3.8) is 0 Å². The fourth-order valence-electron chi connectivity index (χ4n) is 3.81. The van der Waals surface area contributed by atoms with Crippen LogP contribution in [0, 0.1) is 11.7 Å². The van der Waals surface area contributed by atoms with Crippen LogP contribution < -0.4 is 11.1 Å². The van der Waals surface area contributed by atoms with Crippen LogP contribution in [-0.2, 0) is 9.59 Å². The number of carbonyl (C=O) groups excluding carboxylic acids is 2. The van der Waals surface area contributed by atoms with E-state index in [0.29, 0.717) is 31.9 Å². The van der Waals surface area contributed by atoms with E-state index in [2.05, 4.69) is 10.2 Å². The zero-order valence-electron chi connectivity index (χ0n) is 16.0. The SMILES string of the molecule is CC(C(=O)Nc1cccc(F)c1)N1CCN(C(=O)C2CCC(N)C2)CC1.Cl.Cl. The lowest BCUT2D eigenvalue weighted by atomic mass is 10.1. The second-order valence-corrected chi connectivity index (χ2v) is 7.31. The van der Waals surface area contributed by atoms with E-state index in [1.54, 1.807) is 12.1 Å². The first-order valence-electron chi connectivity index (χ1n) is 9.29. The van der Waals surface area contributed by atoms with Crippen LogP contribution in [0.2, 0.25) is 0 Å². The van der Waals surface area contributed by atoms with Crippen molar-refractivity contribution in [2.75, 3.05) is 31.5 Å². The molecule has 3 unspecified atom stereocenters. The van der Waals surface area contributed by atoms with E-state index in [-0.39, 0.29) is 60.4 Å². The Kier molecular flexibility index (Phi) is 9.63. The number of anilines is 1. The maximum atomic E-state index is 13.2. The summed E-state index contributed by atoms with van der Waals surface area (Å²) in [6.07, 6.45) is 2.59. The summed E-state index contributed by atoms with van der Waals surface area (Å²) in [5.74, 6) is -0.286. The fourth-order valence-corrected chi connectivity index (χ4v) is 3.81. The average Bonchev–Trinajstić information content (AvgIpc) is 3.07. The number of nitrogens with one attached hydrogen (secondary N) is 1. The Morgan fingerprint density at radius 2 is 1.86 bits per heavy atom. The third kappa shape index (κ3) is 6.04. The van der Waals surface area contributed by atoms with Crippen molar-refractivity contribution in [1.82, 2.24) is 9.80 Å². The predicted octanol–water partition coefficient (Wildman–Crippen LogP) is 2.27. The number of amides is 2. The first-order valence-corrected chi connectivity index (χ1v) is 9.29. The Hall–Kier alpha value is -1.41. The summed E-state index contributed by atoms with van der Waals surface area (Å²) in [7, 11) is 0. The summed E-state index contributed by atoms with van der Waals surface area (Å²) < 4.78 is 13.2. The minimum Gasteiger partial charge on any atom is -0.340 e. The van der Waals surface area contributed by atoms with Crippen LogP contribution in [0.5, 0.6) is 0 Å². The Morgan fingerprint density at radius 1 is 1.18 bits per heavy atom. The van der Waals surface area contributed by atoms with Crippen LogP contribution in [-0.4, -0.2) is 59.9 Å². The highest BCUT2D eigenvalue weighted by molar-refractivity contribution is 5.94. The van der Waals surface area contributed by atoms with E-state index in [9.17, 15) is 14.0 Å². The zero-order valence-corrected chi connectivity index (χ0v) is 17.6. The van der Waals surface area contributed by atoms with Crippen molar-refractivity contribution in [3.05, 3.63) is 30.1 Å². The maximum Gasteiger partial charge on any atom is 0.241 e. The third-order valence-corrected chi connectivity index (χ3v) is 5.47. The molecule has 158 valence electrons. The molecule has 6 nitrogen and oxygen atoms in total. The molecule has 0 spiro atoms. The van der Waals surface area contributed by atoms with Gasteiger partial charge >= 0.3 is 0 Å². The van der Waals surface area contributed by atoms with Gasteiger partial charge in [-0.05, 0) is 44.4 Å². The number of nitrogens with zero attached hydrogens (tertiary/aromatic N) is 2. The number of hydrogen-bond acceptors (Lipinski definition) is 4. The van der Waals surface area contributed by atoms with Gasteiger partial charge in [0.15, 0.2) is 0 Å². The van der Waals surface area contributed by atoms with E-state index < -0.39 is 0 Å². The fraction of sp³-hybridized carbons (Fsp3) is 0.579. The Morgan fingerprint density at radius 3 is 2.43 bits per heavy atom. The lowest BCUT2D eigenvalue weighted by Crippen LogP contribution is -2.54. The van der Waals surface area contributed by atoms with Crippen molar-refractivity contribution >= 4 is 42.3 Å². The molecule has 1 saturated carbocycles. The first-order chi connectivity index (χ1) is 12.4. The number of benzene rings is 1. The third-order valence-electron chi connectivity index (χ3n) is 5.47. The van der Waals surface area contributed by atoms with Crippen molar-refractivity contribution in [3.8, 4) is 0 Å². The standard InChI is InChI=1S/C19H27FN4O2.2ClH/c1-13(18(25)22-17-4-2-3-15(20)12-17)23-7-9-24(10-8-23)19(26)14-5-6-16(21)11-14;;/h2-4,12-14,16H,5-11,21H2,1H3,(H,22,25);2*1H. The molecule has 3 N–H and O–H groups in total. The number of halogens is 3. The summed E-state index contributed by atoms with van der Waals surface area (Å²) in [6.45, 7) is 4.40. The molecule has 28 heavy (non-hydrogen) atoms. The molecule has 0 radical (unpaired) electrons. The summed E-state index contributed by atoms with van der Waals surface area (Å²) in [4.78, 5) is 28.9. The molecule has 1 aliphatic carbocycles. The summed E-state index contributed by atoms with van der Waals surface area (Å²) in [6, 6.07) is 5.68. The van der Waals surface area contributed by atoms with Gasteiger partial charge in [0.2, 0.25) is 11.8 Å². The van der Waals surface area contributed by atoms with E-state index in [4.69, 9.17) is 5.73 Å². The van der Waals surface area contributed by atoms with E-state index >= 15 is 0 Å². The lowest BCUT2D eigenvalue weighted by molar-refractivity contribution is -0.137. The topological polar surface area (TPSA) is 78.7 Å². The van der Waals surface area contributed by atoms with E-state index in [0.717, 1.165) is 19.3 Å². The second kappa shape index (κ2) is 11.0. The van der Waals surface area contributed by atoms with Crippen molar-refractivity contribution in [1.29, 1.82) is 0 Å². The number of nitrogens with two attached hydrogens (primary N) is 1. The van der Waals surface area contributed by atoms with Gasteiger partial charge in [-0.25, -0.2) is 4.39 Å². The van der Waals surface area contributed by atoms with Gasteiger partial charge in [-0.15, -0.1) is 24.8 Å². The van der Waals surface area contributed by atoms with Gasteiger partial charge in [-0.2, -0.15) is 0 Å². The minimum atomic E-state index is -0.380. The van der Waals surface area contributed by atoms with Crippen LogP contribution in [0.4, 0.5) is 10.1 Å². The largest absolute Gasteiger partial charge is 0.340 e. The Balaban J connectivity index is 0.00000196. The molecule has 1 aliphatic heterocycles. The number of hydrogen-bond donors (Lipinski definition) is 2. The molecule has 2 aliphatic rings. The summed E-state index contributed by atoms with van der Waals surface area (Å²) >= 11 is 0. The van der Waals surface area contributed by atoms with Crippen molar-refractivity contribution < 1.29 is 14.0 Å². The van der Waals surface area contributed by atoms with E-state index in [1.165, 1.54) is 12.1 Å². The molecule has 3 rings (SSSR count). The molecule has 1 aromatic rings. The molecule has 3 atom stereocenters. The normalized spacial score (nSPS) is 23.3. The maximum absolute atomic E-state index is 13.2.